The molecular formula is C14H14ClFN2O. The van der Waals surface area contributed by atoms with Gasteiger partial charge in [-0.05, 0) is 30.5 Å². The molecule has 0 aliphatic carbocycles. The molecule has 0 bridgehead atoms. The van der Waals surface area contributed by atoms with Gasteiger partial charge in [0.15, 0.2) is 0 Å². The zero-order valence-electron chi connectivity index (χ0n) is 10.7. The van der Waals surface area contributed by atoms with Crippen molar-refractivity contribution in [2.75, 3.05) is 0 Å². The topological polar surface area (TPSA) is 45.8 Å². The first-order valence-electron chi connectivity index (χ1n) is 6.01. The minimum absolute atomic E-state index is 0.00871. The predicted molar refractivity (Wildman–Crippen MR) is 73.8 cm³/mol. The van der Waals surface area contributed by atoms with Crippen LogP contribution in [0.4, 0.5) is 4.39 Å². The second kappa shape index (κ2) is 5.53. The molecule has 1 N–H and O–H groups in total. The summed E-state index contributed by atoms with van der Waals surface area (Å²) in [5, 5.41) is 0.00871. The number of nitrogens with one attached hydrogen (secondary N) is 1. The van der Waals surface area contributed by atoms with Gasteiger partial charge in [0.1, 0.15) is 11.6 Å². The maximum Gasteiger partial charge on any atom is 0.251 e. The molecule has 0 unspecified atom stereocenters. The Kier molecular flexibility index (Phi) is 4.00. The van der Waals surface area contributed by atoms with Crippen LogP contribution in [0.3, 0.4) is 0 Å². The van der Waals surface area contributed by atoms with Crippen molar-refractivity contribution in [3.63, 3.8) is 0 Å². The van der Waals surface area contributed by atoms with E-state index >= 15 is 0 Å². The Bertz CT molecular complexity index is 652. The third-order valence-corrected chi connectivity index (χ3v) is 2.89. The van der Waals surface area contributed by atoms with Crippen molar-refractivity contribution in [3.8, 4) is 11.4 Å². The van der Waals surface area contributed by atoms with Crippen molar-refractivity contribution in [2.45, 2.75) is 20.3 Å². The third-order valence-electron chi connectivity index (χ3n) is 2.61. The summed E-state index contributed by atoms with van der Waals surface area (Å²) in [6, 6.07) is 5.73. The maximum atomic E-state index is 13.1. The van der Waals surface area contributed by atoms with Gasteiger partial charge in [0.25, 0.3) is 5.56 Å². The number of rotatable bonds is 3. The van der Waals surface area contributed by atoms with Crippen LogP contribution in [0.15, 0.2) is 29.1 Å². The summed E-state index contributed by atoms with van der Waals surface area (Å²) in [5.41, 5.74) is 1.09. The van der Waals surface area contributed by atoms with E-state index in [0.717, 1.165) is 0 Å². The van der Waals surface area contributed by atoms with Crippen LogP contribution in [0.25, 0.3) is 11.4 Å². The lowest BCUT2D eigenvalue weighted by Crippen LogP contribution is -2.11. The van der Waals surface area contributed by atoms with Gasteiger partial charge in [-0.25, -0.2) is 9.37 Å². The molecule has 0 amide bonds. The summed E-state index contributed by atoms with van der Waals surface area (Å²) in [6.07, 6.45) is 0.714. The van der Waals surface area contributed by atoms with Crippen molar-refractivity contribution in [3.05, 3.63) is 51.2 Å². The van der Waals surface area contributed by atoms with E-state index in [2.05, 4.69) is 23.8 Å². The fourth-order valence-corrected chi connectivity index (χ4v) is 1.99. The van der Waals surface area contributed by atoms with Gasteiger partial charge in [-0.15, -0.1) is 0 Å². The second-order valence-electron chi connectivity index (χ2n) is 4.81. The molecule has 0 saturated carbocycles. The summed E-state index contributed by atoms with van der Waals surface area (Å²) in [5.74, 6) is 0.315. The zero-order chi connectivity index (χ0) is 14.0. The average molecular weight is 281 g/mol. The van der Waals surface area contributed by atoms with E-state index < -0.39 is 5.82 Å². The minimum atomic E-state index is -0.494. The molecule has 0 aliphatic heterocycles. The molecule has 0 spiro atoms. The highest BCUT2D eigenvalue weighted by atomic mass is 35.5. The Morgan fingerprint density at radius 1 is 1.37 bits per heavy atom. The van der Waals surface area contributed by atoms with Crippen molar-refractivity contribution >= 4 is 11.6 Å². The number of halogens is 2. The molecule has 3 nitrogen and oxygen atoms in total. The first-order valence-corrected chi connectivity index (χ1v) is 6.39. The van der Waals surface area contributed by atoms with Crippen LogP contribution < -0.4 is 5.56 Å². The van der Waals surface area contributed by atoms with Gasteiger partial charge in [-0.3, -0.25) is 4.79 Å². The SMILES string of the molecule is CC(C)Cc1cc(=O)[nH]c(-c2ccc(F)c(Cl)c2)n1. The molecule has 2 rings (SSSR count). The molecule has 1 heterocycles. The van der Waals surface area contributed by atoms with Crippen LogP contribution in [-0.2, 0) is 6.42 Å². The van der Waals surface area contributed by atoms with E-state index in [1.54, 1.807) is 6.07 Å². The van der Waals surface area contributed by atoms with Crippen LogP contribution in [0.2, 0.25) is 5.02 Å². The van der Waals surface area contributed by atoms with Crippen LogP contribution in [0.5, 0.6) is 0 Å². The number of aromatic amines is 1. The normalized spacial score (nSPS) is 11.0. The summed E-state index contributed by atoms with van der Waals surface area (Å²) >= 11 is 5.73. The number of nitrogens with zero attached hydrogens (tertiary/aromatic N) is 1. The van der Waals surface area contributed by atoms with Gasteiger partial charge in [-0.1, -0.05) is 25.4 Å². The van der Waals surface area contributed by atoms with E-state index in [-0.39, 0.29) is 10.6 Å². The third kappa shape index (κ3) is 3.41. The highest BCUT2D eigenvalue weighted by molar-refractivity contribution is 6.31. The average Bonchev–Trinajstić information content (AvgIpc) is 2.31. The van der Waals surface area contributed by atoms with E-state index in [4.69, 9.17) is 11.6 Å². The molecule has 0 fully saturated rings. The molecule has 0 saturated heterocycles. The standard InChI is InChI=1S/C14H14ClFN2O/c1-8(2)5-10-7-13(19)18-14(17-10)9-3-4-12(16)11(15)6-9/h3-4,6-8H,5H2,1-2H3,(H,17,18,19). The Morgan fingerprint density at radius 2 is 2.11 bits per heavy atom. The summed E-state index contributed by atoms with van der Waals surface area (Å²) in [6.45, 7) is 4.11. The lowest BCUT2D eigenvalue weighted by atomic mass is 10.1. The molecule has 100 valence electrons. The Balaban J connectivity index is 2.46. The predicted octanol–water partition coefficient (Wildman–Crippen LogP) is 3.43. The summed E-state index contributed by atoms with van der Waals surface area (Å²) < 4.78 is 13.1. The Hall–Kier alpha value is -1.68. The highest BCUT2D eigenvalue weighted by Crippen LogP contribution is 2.22. The van der Waals surface area contributed by atoms with E-state index in [1.807, 2.05) is 0 Å². The number of aromatic nitrogens is 2. The Labute approximate surface area is 115 Å². The van der Waals surface area contributed by atoms with Gasteiger partial charge in [0.2, 0.25) is 0 Å². The molecule has 2 aromatic rings. The van der Waals surface area contributed by atoms with E-state index in [1.165, 1.54) is 18.2 Å². The second-order valence-corrected chi connectivity index (χ2v) is 5.22. The smallest absolute Gasteiger partial charge is 0.251 e. The number of H-pyrrole nitrogens is 1. The first kappa shape index (κ1) is 13.7. The molecule has 5 heteroatoms. The monoisotopic (exact) mass is 280 g/mol. The molecule has 1 aromatic heterocycles. The van der Waals surface area contributed by atoms with Gasteiger partial charge >= 0.3 is 0 Å². The highest BCUT2D eigenvalue weighted by Gasteiger charge is 2.08. The number of hydrogen-bond donors (Lipinski definition) is 1. The fourth-order valence-electron chi connectivity index (χ4n) is 1.81. The minimum Gasteiger partial charge on any atom is -0.307 e. The lowest BCUT2D eigenvalue weighted by Gasteiger charge is -2.07. The maximum absolute atomic E-state index is 13.1. The van der Waals surface area contributed by atoms with E-state index in [9.17, 15) is 9.18 Å². The molecular weight excluding hydrogens is 267 g/mol. The number of hydrogen-bond acceptors (Lipinski definition) is 2. The summed E-state index contributed by atoms with van der Waals surface area (Å²) in [4.78, 5) is 18.6. The van der Waals surface area contributed by atoms with Crippen molar-refractivity contribution < 1.29 is 4.39 Å². The van der Waals surface area contributed by atoms with Gasteiger partial charge < -0.3 is 4.98 Å². The van der Waals surface area contributed by atoms with Crippen molar-refractivity contribution in [2.24, 2.45) is 5.92 Å². The lowest BCUT2D eigenvalue weighted by molar-refractivity contribution is 0.628. The van der Waals surface area contributed by atoms with E-state index in [0.29, 0.717) is 29.4 Å². The molecule has 1 aromatic carbocycles. The van der Waals surface area contributed by atoms with Crippen molar-refractivity contribution in [1.29, 1.82) is 0 Å². The van der Waals surface area contributed by atoms with Crippen LogP contribution in [0, 0.1) is 11.7 Å². The first-order chi connectivity index (χ1) is 8.95. The van der Waals surface area contributed by atoms with Crippen molar-refractivity contribution in [1.82, 2.24) is 9.97 Å². The zero-order valence-corrected chi connectivity index (χ0v) is 11.5. The summed E-state index contributed by atoms with van der Waals surface area (Å²) in [7, 11) is 0. The van der Waals surface area contributed by atoms with Crippen LogP contribution in [0.1, 0.15) is 19.5 Å². The largest absolute Gasteiger partial charge is 0.307 e. The molecule has 19 heavy (non-hydrogen) atoms. The quantitative estimate of drug-likeness (QED) is 0.936. The molecule has 0 aliphatic rings. The molecule has 0 radical (unpaired) electrons. The van der Waals surface area contributed by atoms with Gasteiger partial charge in [-0.2, -0.15) is 0 Å². The van der Waals surface area contributed by atoms with Crippen LogP contribution >= 0.6 is 11.6 Å². The van der Waals surface area contributed by atoms with Crippen LogP contribution in [-0.4, -0.2) is 9.97 Å². The van der Waals surface area contributed by atoms with Gasteiger partial charge in [0.05, 0.1) is 5.02 Å². The Morgan fingerprint density at radius 3 is 2.74 bits per heavy atom. The fraction of sp³-hybridized carbons (Fsp3) is 0.286. The number of benzene rings is 1. The van der Waals surface area contributed by atoms with Gasteiger partial charge in [0, 0.05) is 17.3 Å². The molecule has 0 atom stereocenters.